The van der Waals surface area contributed by atoms with Crippen molar-refractivity contribution in [3.63, 3.8) is 0 Å². The average molecular weight is 330 g/mol. The highest BCUT2D eigenvalue weighted by atomic mass is 79.9. The number of halogens is 1. The summed E-state index contributed by atoms with van der Waals surface area (Å²) in [5.41, 5.74) is 7.17. The van der Waals surface area contributed by atoms with Crippen LogP contribution in [0.15, 0.2) is 22.7 Å². The van der Waals surface area contributed by atoms with E-state index in [1.54, 1.807) is 19.0 Å². The Bertz CT molecular complexity index is 476. The molecule has 0 aromatic heterocycles. The van der Waals surface area contributed by atoms with Gasteiger partial charge in [-0.05, 0) is 41.1 Å². The second kappa shape index (κ2) is 6.15. The van der Waals surface area contributed by atoms with Gasteiger partial charge in [0.05, 0.1) is 0 Å². The normalized spacial score (nSPS) is 11.8. The summed E-state index contributed by atoms with van der Waals surface area (Å²) in [5.74, 6) is 0.0142. The molecule has 1 atom stereocenters. The van der Waals surface area contributed by atoms with E-state index in [2.05, 4.69) is 21.2 Å². The molecule has 0 aliphatic carbocycles. The Morgan fingerprint density at radius 2 is 2.11 bits per heavy atom. The third-order valence-electron chi connectivity index (χ3n) is 2.44. The number of nitrogens with two attached hydrogens (primary N) is 1. The van der Waals surface area contributed by atoms with Crippen LogP contribution in [0.3, 0.4) is 0 Å². The van der Waals surface area contributed by atoms with Gasteiger partial charge >= 0.3 is 0 Å². The van der Waals surface area contributed by atoms with E-state index in [0.717, 1.165) is 15.7 Å². The number of amides is 1. The van der Waals surface area contributed by atoms with E-state index in [-0.39, 0.29) is 11.9 Å². The largest absolute Gasteiger partial charge is 0.389 e. The first kappa shape index (κ1) is 14.9. The van der Waals surface area contributed by atoms with Crippen LogP contribution in [0.2, 0.25) is 0 Å². The van der Waals surface area contributed by atoms with Gasteiger partial charge < -0.3 is 16.0 Å². The Hall–Kier alpha value is -1.14. The van der Waals surface area contributed by atoms with Crippen molar-refractivity contribution in [1.82, 2.24) is 4.90 Å². The average Bonchev–Trinajstić information content (AvgIpc) is 2.30. The van der Waals surface area contributed by atoms with Crippen molar-refractivity contribution in [2.45, 2.75) is 13.0 Å². The molecule has 1 aromatic rings. The predicted octanol–water partition coefficient (Wildman–Crippen LogP) is 1.97. The lowest BCUT2D eigenvalue weighted by Gasteiger charge is -2.20. The first-order valence-electron chi connectivity index (χ1n) is 5.40. The zero-order valence-electron chi connectivity index (χ0n) is 10.5. The zero-order chi connectivity index (χ0) is 13.9. The Morgan fingerprint density at radius 3 is 2.56 bits per heavy atom. The number of hydrogen-bond donors (Lipinski definition) is 2. The molecule has 1 amide bonds. The van der Waals surface area contributed by atoms with Crippen LogP contribution in [0.4, 0.5) is 5.69 Å². The van der Waals surface area contributed by atoms with Crippen LogP contribution in [0.25, 0.3) is 0 Å². The fourth-order valence-electron chi connectivity index (χ4n) is 1.47. The summed E-state index contributed by atoms with van der Waals surface area (Å²) < 4.78 is 0.825. The maximum Gasteiger partial charge on any atom is 0.244 e. The summed E-state index contributed by atoms with van der Waals surface area (Å²) in [6.07, 6.45) is 0. The maximum absolute atomic E-state index is 11.7. The fraction of sp³-hybridized carbons (Fsp3) is 0.333. The molecule has 0 heterocycles. The minimum Gasteiger partial charge on any atom is -0.389 e. The second-order valence-corrected chi connectivity index (χ2v) is 5.45. The maximum atomic E-state index is 11.7. The SMILES string of the molecule is CC(Nc1ccc(C(N)=S)cc1Br)C(=O)N(C)C. The second-order valence-electron chi connectivity index (χ2n) is 4.16. The molecule has 98 valence electrons. The van der Waals surface area contributed by atoms with Gasteiger partial charge in [-0.25, -0.2) is 0 Å². The third-order valence-corrected chi connectivity index (χ3v) is 3.33. The number of carbonyl (C=O) groups excluding carboxylic acids is 1. The Morgan fingerprint density at radius 1 is 1.50 bits per heavy atom. The Balaban J connectivity index is 2.86. The molecule has 1 unspecified atom stereocenters. The predicted molar refractivity (Wildman–Crippen MR) is 81.8 cm³/mol. The van der Waals surface area contributed by atoms with Gasteiger partial charge in [-0.1, -0.05) is 12.2 Å². The third kappa shape index (κ3) is 3.68. The summed E-state index contributed by atoms with van der Waals surface area (Å²) in [6.45, 7) is 1.82. The summed E-state index contributed by atoms with van der Waals surface area (Å²) in [4.78, 5) is 13.6. The van der Waals surface area contributed by atoms with E-state index in [1.165, 1.54) is 0 Å². The number of thiocarbonyl (C=S) groups is 1. The highest BCUT2D eigenvalue weighted by molar-refractivity contribution is 9.10. The number of nitrogens with one attached hydrogen (secondary N) is 1. The van der Waals surface area contributed by atoms with Gasteiger partial charge in [0.15, 0.2) is 0 Å². The van der Waals surface area contributed by atoms with Crippen LogP contribution in [-0.4, -0.2) is 35.9 Å². The van der Waals surface area contributed by atoms with Crippen molar-refractivity contribution in [3.05, 3.63) is 28.2 Å². The van der Waals surface area contributed by atoms with Gasteiger partial charge in [-0.15, -0.1) is 0 Å². The fourth-order valence-corrected chi connectivity index (χ4v) is 2.09. The van der Waals surface area contributed by atoms with Gasteiger partial charge in [0.25, 0.3) is 0 Å². The van der Waals surface area contributed by atoms with Crippen LogP contribution in [0.5, 0.6) is 0 Å². The number of likely N-dealkylation sites (N-methyl/N-ethyl adjacent to an activating group) is 1. The molecule has 0 spiro atoms. The smallest absolute Gasteiger partial charge is 0.244 e. The number of nitrogens with zero attached hydrogens (tertiary/aromatic N) is 1. The number of carbonyl (C=O) groups is 1. The van der Waals surface area contributed by atoms with Crippen molar-refractivity contribution in [1.29, 1.82) is 0 Å². The summed E-state index contributed by atoms with van der Waals surface area (Å²) in [5, 5.41) is 3.14. The van der Waals surface area contributed by atoms with Crippen LogP contribution >= 0.6 is 28.1 Å². The van der Waals surface area contributed by atoms with Crippen LogP contribution in [0.1, 0.15) is 12.5 Å². The van der Waals surface area contributed by atoms with Crippen molar-refractivity contribution in [2.24, 2.45) is 5.73 Å². The van der Waals surface area contributed by atoms with Crippen molar-refractivity contribution < 1.29 is 4.79 Å². The molecular formula is C12H16BrN3OS. The molecule has 0 fully saturated rings. The Kier molecular flexibility index (Phi) is 5.10. The lowest BCUT2D eigenvalue weighted by molar-refractivity contribution is -0.129. The van der Waals surface area contributed by atoms with Crippen molar-refractivity contribution in [3.8, 4) is 0 Å². The highest BCUT2D eigenvalue weighted by Gasteiger charge is 2.15. The van der Waals surface area contributed by atoms with Crippen LogP contribution in [-0.2, 0) is 4.79 Å². The van der Waals surface area contributed by atoms with Crippen molar-refractivity contribution >= 4 is 44.7 Å². The van der Waals surface area contributed by atoms with E-state index < -0.39 is 0 Å². The first-order valence-corrected chi connectivity index (χ1v) is 6.60. The molecule has 6 heteroatoms. The number of anilines is 1. The standard InChI is InChI=1S/C12H16BrN3OS/c1-7(12(17)16(2)3)15-10-5-4-8(11(14)18)6-9(10)13/h4-7,15H,1-3H3,(H2,14,18). The van der Waals surface area contributed by atoms with E-state index in [0.29, 0.717) is 4.99 Å². The zero-order valence-corrected chi connectivity index (χ0v) is 12.9. The Labute approximate surface area is 121 Å². The molecular weight excluding hydrogens is 314 g/mol. The van der Waals surface area contributed by atoms with Gasteiger partial charge in [0.1, 0.15) is 11.0 Å². The minimum atomic E-state index is -0.299. The topological polar surface area (TPSA) is 58.4 Å². The van der Waals surface area contributed by atoms with E-state index >= 15 is 0 Å². The monoisotopic (exact) mass is 329 g/mol. The molecule has 1 aromatic carbocycles. The number of rotatable bonds is 4. The molecule has 0 bridgehead atoms. The molecule has 1 rings (SSSR count). The summed E-state index contributed by atoms with van der Waals surface area (Å²) in [7, 11) is 3.46. The number of benzene rings is 1. The van der Waals surface area contributed by atoms with Gasteiger partial charge in [0, 0.05) is 29.8 Å². The van der Waals surface area contributed by atoms with Gasteiger partial charge in [-0.2, -0.15) is 0 Å². The summed E-state index contributed by atoms with van der Waals surface area (Å²) >= 11 is 8.33. The van der Waals surface area contributed by atoms with E-state index in [9.17, 15) is 4.79 Å². The molecule has 0 aliphatic rings. The van der Waals surface area contributed by atoms with E-state index in [1.807, 2.05) is 25.1 Å². The quantitative estimate of drug-likeness (QED) is 0.829. The van der Waals surface area contributed by atoms with Crippen LogP contribution in [0, 0.1) is 0 Å². The van der Waals surface area contributed by atoms with Crippen LogP contribution < -0.4 is 11.1 Å². The van der Waals surface area contributed by atoms with Gasteiger partial charge in [-0.3, -0.25) is 4.79 Å². The number of hydrogen-bond acceptors (Lipinski definition) is 3. The van der Waals surface area contributed by atoms with Crippen molar-refractivity contribution in [2.75, 3.05) is 19.4 Å². The lowest BCUT2D eigenvalue weighted by atomic mass is 10.2. The molecule has 3 N–H and O–H groups in total. The molecule has 18 heavy (non-hydrogen) atoms. The minimum absolute atomic E-state index is 0.0142. The van der Waals surface area contributed by atoms with E-state index in [4.69, 9.17) is 18.0 Å². The molecule has 0 saturated carbocycles. The lowest BCUT2D eigenvalue weighted by Crippen LogP contribution is -2.36. The summed E-state index contributed by atoms with van der Waals surface area (Å²) in [6, 6.07) is 5.20. The molecule has 0 aliphatic heterocycles. The molecule has 4 nitrogen and oxygen atoms in total. The van der Waals surface area contributed by atoms with Gasteiger partial charge in [0.2, 0.25) is 5.91 Å². The highest BCUT2D eigenvalue weighted by Crippen LogP contribution is 2.24. The molecule has 0 radical (unpaired) electrons. The molecule has 0 saturated heterocycles. The first-order chi connectivity index (χ1) is 8.32.